The molecule has 0 aliphatic rings. The quantitative estimate of drug-likeness (QED) is 0.601. The van der Waals surface area contributed by atoms with Crippen molar-refractivity contribution in [3.05, 3.63) is 57.0 Å². The Labute approximate surface area is 160 Å². The minimum absolute atomic E-state index is 0.160. The lowest BCUT2D eigenvalue weighted by atomic mass is 10.2. The molecule has 0 heterocycles. The third kappa shape index (κ3) is 5.49. The highest BCUT2D eigenvalue weighted by Crippen LogP contribution is 2.33. The van der Waals surface area contributed by atoms with Crippen LogP contribution >= 0.6 is 46.6 Å². The number of hydrogen-bond donors (Lipinski definition) is 1. The molecule has 0 spiro atoms. The number of carbonyl (C=O) groups is 1. The third-order valence-corrected chi connectivity index (χ3v) is 5.14. The lowest BCUT2D eigenvalue weighted by Crippen LogP contribution is -2.16. The number of amides is 1. The van der Waals surface area contributed by atoms with Crippen molar-refractivity contribution >= 4 is 58.2 Å². The number of aryl methyl sites for hydroxylation is 1. The van der Waals surface area contributed by atoms with Crippen molar-refractivity contribution in [1.82, 2.24) is 0 Å². The van der Waals surface area contributed by atoms with Gasteiger partial charge in [0.2, 0.25) is 5.91 Å². The number of carbonyl (C=O) groups excluding carboxylic acids is 1. The van der Waals surface area contributed by atoms with Gasteiger partial charge in [0.15, 0.2) is 0 Å². The first-order chi connectivity index (χ1) is 11.5. The Morgan fingerprint density at radius 2 is 1.88 bits per heavy atom. The van der Waals surface area contributed by atoms with Crippen molar-refractivity contribution in [3.8, 4) is 5.75 Å². The number of ether oxygens (including phenoxy) is 1. The van der Waals surface area contributed by atoms with Crippen LogP contribution < -0.4 is 10.1 Å². The van der Waals surface area contributed by atoms with Gasteiger partial charge in [-0.2, -0.15) is 0 Å². The Morgan fingerprint density at radius 3 is 2.62 bits per heavy atom. The Kier molecular flexibility index (Phi) is 7.56. The summed E-state index contributed by atoms with van der Waals surface area (Å²) in [5.74, 6) is 1.43. The van der Waals surface area contributed by atoms with Gasteiger partial charge in [-0.25, -0.2) is 0 Å². The molecule has 0 saturated carbocycles. The van der Waals surface area contributed by atoms with Crippen LogP contribution in [0.25, 0.3) is 0 Å². The second kappa shape index (κ2) is 9.42. The van der Waals surface area contributed by atoms with E-state index in [0.29, 0.717) is 38.9 Å². The Bertz CT molecular complexity index is 725. The largest absolute Gasteiger partial charge is 0.491 e. The molecule has 24 heavy (non-hydrogen) atoms. The van der Waals surface area contributed by atoms with E-state index in [-0.39, 0.29) is 11.7 Å². The molecule has 2 aromatic rings. The van der Waals surface area contributed by atoms with Crippen LogP contribution in [0.3, 0.4) is 0 Å². The van der Waals surface area contributed by atoms with Crippen molar-refractivity contribution in [3.63, 3.8) is 0 Å². The number of anilines is 1. The second-order valence-electron chi connectivity index (χ2n) is 4.93. The molecule has 0 unspecified atom stereocenters. The van der Waals surface area contributed by atoms with Crippen molar-refractivity contribution in [2.45, 2.75) is 6.92 Å². The Balaban J connectivity index is 1.74. The summed E-state index contributed by atoms with van der Waals surface area (Å²) in [6.45, 7) is 2.32. The molecule has 0 atom stereocenters. The summed E-state index contributed by atoms with van der Waals surface area (Å²) in [5, 5.41) is 4.21. The number of rotatable bonds is 7. The van der Waals surface area contributed by atoms with Gasteiger partial charge in [-0.1, -0.05) is 53.0 Å². The fourth-order valence-corrected chi connectivity index (χ4v) is 3.14. The highest BCUT2D eigenvalue weighted by atomic mass is 35.5. The summed E-state index contributed by atoms with van der Waals surface area (Å²) < 4.78 is 5.56. The first kappa shape index (κ1) is 19.3. The van der Waals surface area contributed by atoms with Crippen molar-refractivity contribution < 1.29 is 9.53 Å². The van der Waals surface area contributed by atoms with Crippen molar-refractivity contribution in [1.29, 1.82) is 0 Å². The van der Waals surface area contributed by atoms with Crippen LogP contribution in [0.2, 0.25) is 15.1 Å². The highest BCUT2D eigenvalue weighted by molar-refractivity contribution is 7.99. The van der Waals surface area contributed by atoms with Gasteiger partial charge in [0.05, 0.1) is 33.1 Å². The molecule has 2 rings (SSSR count). The first-order valence-corrected chi connectivity index (χ1v) is 9.47. The Morgan fingerprint density at radius 1 is 1.12 bits per heavy atom. The fraction of sp³-hybridized carbons (Fsp3) is 0.235. The summed E-state index contributed by atoms with van der Waals surface area (Å²) in [5.41, 5.74) is 1.31. The fourth-order valence-electron chi connectivity index (χ4n) is 1.88. The maximum absolute atomic E-state index is 12.0. The number of nitrogens with one attached hydrogen (secondary N) is 1. The average molecular weight is 405 g/mol. The molecule has 0 aliphatic carbocycles. The van der Waals surface area contributed by atoms with E-state index in [1.807, 2.05) is 19.1 Å². The minimum atomic E-state index is -0.160. The topological polar surface area (TPSA) is 38.3 Å². The van der Waals surface area contributed by atoms with Crippen LogP contribution in [-0.2, 0) is 4.79 Å². The normalized spacial score (nSPS) is 10.5. The summed E-state index contributed by atoms with van der Waals surface area (Å²) in [6.07, 6.45) is 0. The van der Waals surface area contributed by atoms with Gasteiger partial charge in [0.25, 0.3) is 0 Å². The molecule has 0 bridgehead atoms. The smallest absolute Gasteiger partial charge is 0.234 e. The molecule has 3 nitrogen and oxygen atoms in total. The molecule has 1 N–H and O–H groups in total. The van der Waals surface area contributed by atoms with Crippen LogP contribution in [0.1, 0.15) is 5.56 Å². The summed E-state index contributed by atoms with van der Waals surface area (Å²) in [6, 6.07) is 10.8. The van der Waals surface area contributed by atoms with Crippen LogP contribution in [0.5, 0.6) is 5.75 Å². The number of para-hydroxylation sites is 1. The molecule has 128 valence electrons. The van der Waals surface area contributed by atoms with Gasteiger partial charge in [0, 0.05) is 5.75 Å². The zero-order valence-corrected chi connectivity index (χ0v) is 16.0. The number of halogens is 3. The maximum Gasteiger partial charge on any atom is 0.234 e. The van der Waals surface area contributed by atoms with Gasteiger partial charge < -0.3 is 10.1 Å². The summed E-state index contributed by atoms with van der Waals surface area (Å²) in [4.78, 5) is 12.0. The second-order valence-corrected chi connectivity index (χ2v) is 7.23. The monoisotopic (exact) mass is 403 g/mol. The molecule has 0 fully saturated rings. The van der Waals surface area contributed by atoms with Crippen molar-refractivity contribution in [2.75, 3.05) is 23.4 Å². The summed E-state index contributed by atoms with van der Waals surface area (Å²) >= 11 is 19.7. The molecule has 1 amide bonds. The van der Waals surface area contributed by atoms with Crippen molar-refractivity contribution in [2.24, 2.45) is 0 Å². The molecular weight excluding hydrogens is 389 g/mol. The zero-order valence-electron chi connectivity index (χ0n) is 12.9. The lowest BCUT2D eigenvalue weighted by Gasteiger charge is -2.11. The lowest BCUT2D eigenvalue weighted by molar-refractivity contribution is -0.113. The predicted molar refractivity (Wildman–Crippen MR) is 104 cm³/mol. The number of hydrogen-bond acceptors (Lipinski definition) is 3. The van der Waals surface area contributed by atoms with Crippen LogP contribution in [0.15, 0.2) is 36.4 Å². The molecule has 0 aromatic heterocycles. The number of benzene rings is 2. The molecular formula is C17H16Cl3NO2S. The third-order valence-electron chi connectivity index (χ3n) is 3.10. The molecule has 0 radical (unpaired) electrons. The van der Waals surface area contributed by atoms with Gasteiger partial charge in [-0.05, 0) is 30.7 Å². The van der Waals surface area contributed by atoms with E-state index in [0.717, 1.165) is 5.56 Å². The molecule has 0 saturated heterocycles. The van der Waals surface area contributed by atoms with Crippen LogP contribution in [-0.4, -0.2) is 24.0 Å². The molecule has 2 aromatic carbocycles. The van der Waals surface area contributed by atoms with Gasteiger partial charge >= 0.3 is 0 Å². The standard InChI is InChI=1S/C17H16Cl3NO2S/c1-11-6-7-13(19)17(16(11)20)21-15(22)10-24-9-8-23-14-5-3-2-4-12(14)18/h2-7H,8-10H2,1H3,(H,21,22). The SMILES string of the molecule is Cc1ccc(Cl)c(NC(=O)CSCCOc2ccccc2Cl)c1Cl. The van der Waals surface area contributed by atoms with Gasteiger partial charge in [-0.15, -0.1) is 11.8 Å². The van der Waals surface area contributed by atoms with Crippen LogP contribution in [0.4, 0.5) is 5.69 Å². The average Bonchev–Trinajstić information content (AvgIpc) is 2.56. The minimum Gasteiger partial charge on any atom is -0.491 e. The van der Waals surface area contributed by atoms with E-state index in [1.54, 1.807) is 24.3 Å². The zero-order chi connectivity index (χ0) is 17.5. The predicted octanol–water partition coefficient (Wildman–Crippen LogP) is 5.71. The van der Waals surface area contributed by atoms with E-state index < -0.39 is 0 Å². The Hall–Kier alpha value is -1.07. The van der Waals surface area contributed by atoms with E-state index >= 15 is 0 Å². The van der Waals surface area contributed by atoms with Crippen LogP contribution in [0, 0.1) is 6.92 Å². The van der Waals surface area contributed by atoms with E-state index in [2.05, 4.69) is 5.32 Å². The van der Waals surface area contributed by atoms with Gasteiger partial charge in [-0.3, -0.25) is 4.79 Å². The van der Waals surface area contributed by atoms with E-state index in [9.17, 15) is 4.79 Å². The summed E-state index contributed by atoms with van der Waals surface area (Å²) in [7, 11) is 0. The highest BCUT2D eigenvalue weighted by Gasteiger charge is 2.11. The maximum atomic E-state index is 12.0. The van der Waals surface area contributed by atoms with E-state index in [1.165, 1.54) is 11.8 Å². The first-order valence-electron chi connectivity index (χ1n) is 7.18. The molecule has 0 aliphatic heterocycles. The number of thioether (sulfide) groups is 1. The van der Waals surface area contributed by atoms with E-state index in [4.69, 9.17) is 39.5 Å². The van der Waals surface area contributed by atoms with Gasteiger partial charge in [0.1, 0.15) is 5.75 Å². The molecule has 7 heteroatoms.